The zero-order chi connectivity index (χ0) is 27.2. The predicted octanol–water partition coefficient (Wildman–Crippen LogP) is 6.56. The number of para-hydroxylation sites is 1. The largest absolute Gasteiger partial charge is 0.416 e. The number of halogens is 4. The Kier molecular flexibility index (Phi) is 9.21. The number of fused-ring (bicyclic) bond motifs is 1. The summed E-state index contributed by atoms with van der Waals surface area (Å²) in [5, 5.41) is 4.69. The lowest BCUT2D eigenvalue weighted by Gasteiger charge is -2.36. The van der Waals surface area contributed by atoms with Crippen LogP contribution in [-0.4, -0.2) is 28.5 Å². The van der Waals surface area contributed by atoms with E-state index >= 15 is 0 Å². The first-order chi connectivity index (χ1) is 18.1. The molecule has 4 aromatic rings. The highest BCUT2D eigenvalue weighted by atomic mass is 32.1. The van der Waals surface area contributed by atoms with Crippen LogP contribution >= 0.6 is 27.0 Å². The molecular formula is C29H27F4N3O2S2. The molecule has 2 heterocycles. The Morgan fingerprint density at radius 1 is 0.950 bits per heavy atom. The standard InChI is InChI=1S/C29H23F4N3O2.2H2S/c1-17-25-26(18-11-13-21(30)14-12-18)23(16-24(37)19-7-6-8-20(15-19)29(31,32)33)28(38)35(2)27(25)36(34-17)22-9-4-3-5-10-22;;/h3-15,23,26H,16H2,1-2H3;2*1H2/t23-,26+;;/m0../s1. The van der Waals surface area contributed by atoms with Gasteiger partial charge in [0.05, 0.1) is 22.9 Å². The van der Waals surface area contributed by atoms with Gasteiger partial charge in [-0.1, -0.05) is 42.5 Å². The molecule has 0 bridgehead atoms. The molecule has 0 N–H and O–H groups in total. The summed E-state index contributed by atoms with van der Waals surface area (Å²) < 4.78 is 55.3. The Labute approximate surface area is 242 Å². The van der Waals surface area contributed by atoms with Gasteiger partial charge in [-0.2, -0.15) is 45.3 Å². The van der Waals surface area contributed by atoms with Gasteiger partial charge in [-0.25, -0.2) is 9.07 Å². The van der Waals surface area contributed by atoms with Crippen molar-refractivity contribution in [2.45, 2.75) is 25.4 Å². The first kappa shape index (κ1) is 31.0. The van der Waals surface area contributed by atoms with Crippen molar-refractivity contribution in [2.75, 3.05) is 11.9 Å². The van der Waals surface area contributed by atoms with Gasteiger partial charge in [0, 0.05) is 30.5 Å². The molecular weight excluding hydrogens is 562 g/mol. The number of aromatic nitrogens is 2. The Hall–Kier alpha value is -3.57. The van der Waals surface area contributed by atoms with E-state index in [0.29, 0.717) is 22.6 Å². The van der Waals surface area contributed by atoms with E-state index < -0.39 is 35.2 Å². The van der Waals surface area contributed by atoms with Gasteiger partial charge in [0.15, 0.2) is 5.78 Å². The topological polar surface area (TPSA) is 55.2 Å². The van der Waals surface area contributed by atoms with Crippen molar-refractivity contribution >= 4 is 44.5 Å². The number of rotatable bonds is 5. The predicted molar refractivity (Wildman–Crippen MR) is 155 cm³/mol. The van der Waals surface area contributed by atoms with Crippen molar-refractivity contribution in [3.8, 4) is 5.69 Å². The molecule has 1 aliphatic rings. The molecule has 40 heavy (non-hydrogen) atoms. The number of carbonyl (C=O) groups is 2. The van der Waals surface area contributed by atoms with Gasteiger partial charge in [-0.15, -0.1) is 0 Å². The van der Waals surface area contributed by atoms with Crippen molar-refractivity contribution in [3.63, 3.8) is 0 Å². The highest BCUT2D eigenvalue weighted by Gasteiger charge is 2.44. The molecule has 0 aliphatic carbocycles. The van der Waals surface area contributed by atoms with Crippen molar-refractivity contribution in [1.29, 1.82) is 0 Å². The first-order valence-electron chi connectivity index (χ1n) is 11.9. The van der Waals surface area contributed by atoms with Crippen LogP contribution in [0.4, 0.5) is 23.4 Å². The molecule has 0 spiro atoms. The fourth-order valence-corrected chi connectivity index (χ4v) is 5.12. The number of alkyl halides is 3. The molecule has 5 rings (SSSR count). The number of ketones is 1. The Balaban J connectivity index is 0.00000220. The Morgan fingerprint density at radius 2 is 1.60 bits per heavy atom. The molecule has 11 heteroatoms. The van der Waals surface area contributed by atoms with Crippen molar-refractivity contribution in [1.82, 2.24) is 9.78 Å². The SMILES string of the molecule is Cc1nn(-c2ccccc2)c2c1[C@H](c1ccc(F)cc1)[C@H](CC(=O)c1cccc(C(F)(F)F)c1)C(=O)N2C.S.S. The molecule has 0 saturated heterocycles. The number of hydrogen-bond acceptors (Lipinski definition) is 3. The first-order valence-corrected chi connectivity index (χ1v) is 11.9. The van der Waals surface area contributed by atoms with E-state index in [-0.39, 0.29) is 44.9 Å². The molecule has 0 saturated carbocycles. The quantitative estimate of drug-likeness (QED) is 0.196. The van der Waals surface area contributed by atoms with Crippen LogP contribution in [0.2, 0.25) is 0 Å². The number of aryl methyl sites for hydroxylation is 1. The van der Waals surface area contributed by atoms with E-state index in [1.54, 1.807) is 30.8 Å². The van der Waals surface area contributed by atoms with Crippen molar-refractivity contribution in [3.05, 3.63) is 113 Å². The summed E-state index contributed by atoms with van der Waals surface area (Å²) in [5.74, 6) is -2.51. The summed E-state index contributed by atoms with van der Waals surface area (Å²) in [6, 6.07) is 19.1. The summed E-state index contributed by atoms with van der Waals surface area (Å²) in [6.07, 6.45) is -4.94. The molecule has 2 atom stereocenters. The van der Waals surface area contributed by atoms with Gasteiger partial charge in [-0.3, -0.25) is 14.5 Å². The monoisotopic (exact) mass is 589 g/mol. The van der Waals surface area contributed by atoms with Crippen LogP contribution in [0.1, 0.15) is 45.1 Å². The van der Waals surface area contributed by atoms with Gasteiger partial charge < -0.3 is 0 Å². The van der Waals surface area contributed by atoms with E-state index in [4.69, 9.17) is 0 Å². The van der Waals surface area contributed by atoms with E-state index in [1.165, 1.54) is 29.2 Å². The number of nitrogens with zero attached hydrogens (tertiary/aromatic N) is 3. The Bertz CT molecular complexity index is 1520. The minimum absolute atomic E-state index is 0. The summed E-state index contributed by atoms with van der Waals surface area (Å²) in [4.78, 5) is 28.5. The van der Waals surface area contributed by atoms with Gasteiger partial charge in [0.25, 0.3) is 0 Å². The van der Waals surface area contributed by atoms with E-state index in [1.807, 2.05) is 30.3 Å². The zero-order valence-electron chi connectivity index (χ0n) is 21.5. The lowest BCUT2D eigenvalue weighted by molar-refractivity contribution is -0.137. The maximum absolute atomic E-state index is 13.8. The third kappa shape index (κ3) is 5.66. The van der Waals surface area contributed by atoms with E-state index in [9.17, 15) is 27.2 Å². The van der Waals surface area contributed by atoms with Crippen LogP contribution in [0.25, 0.3) is 5.69 Å². The number of amides is 1. The fraction of sp³-hybridized carbons (Fsp3) is 0.207. The van der Waals surface area contributed by atoms with Crippen LogP contribution < -0.4 is 4.90 Å². The van der Waals surface area contributed by atoms with Crippen molar-refractivity contribution < 1.29 is 27.2 Å². The van der Waals surface area contributed by atoms with E-state index in [0.717, 1.165) is 17.8 Å². The second kappa shape index (κ2) is 11.9. The number of hydrogen-bond donors (Lipinski definition) is 0. The molecule has 5 nitrogen and oxygen atoms in total. The number of anilines is 1. The number of carbonyl (C=O) groups excluding carboxylic acids is 2. The van der Waals surface area contributed by atoms with Crippen LogP contribution in [0.15, 0.2) is 78.9 Å². The van der Waals surface area contributed by atoms with Crippen LogP contribution in [0.3, 0.4) is 0 Å². The van der Waals surface area contributed by atoms with Gasteiger partial charge in [-0.05, 0) is 48.9 Å². The zero-order valence-corrected chi connectivity index (χ0v) is 23.5. The lowest BCUT2D eigenvalue weighted by atomic mass is 9.74. The van der Waals surface area contributed by atoms with Crippen LogP contribution in [-0.2, 0) is 11.0 Å². The third-order valence-electron chi connectivity index (χ3n) is 6.91. The fourth-order valence-electron chi connectivity index (χ4n) is 5.12. The maximum atomic E-state index is 13.8. The molecule has 210 valence electrons. The number of benzene rings is 3. The number of Topliss-reactive ketones (excluding diaryl/α,β-unsaturated/α-hetero) is 1. The van der Waals surface area contributed by atoms with Gasteiger partial charge in [0.1, 0.15) is 11.6 Å². The minimum Gasteiger partial charge on any atom is -0.299 e. The van der Waals surface area contributed by atoms with Crippen LogP contribution in [0, 0.1) is 18.7 Å². The molecule has 1 aliphatic heterocycles. The second-order valence-corrected chi connectivity index (χ2v) is 9.31. The minimum atomic E-state index is -4.61. The Morgan fingerprint density at radius 3 is 2.23 bits per heavy atom. The molecule has 0 fully saturated rings. The van der Waals surface area contributed by atoms with Crippen LogP contribution in [0.5, 0.6) is 0 Å². The van der Waals surface area contributed by atoms with Gasteiger partial charge >= 0.3 is 6.18 Å². The highest BCUT2D eigenvalue weighted by molar-refractivity contribution is 7.59. The van der Waals surface area contributed by atoms with E-state index in [2.05, 4.69) is 5.10 Å². The summed E-state index contributed by atoms with van der Waals surface area (Å²) in [7, 11) is 1.59. The molecule has 0 unspecified atom stereocenters. The average Bonchev–Trinajstić information content (AvgIpc) is 3.25. The molecule has 3 aromatic carbocycles. The third-order valence-corrected chi connectivity index (χ3v) is 6.91. The lowest BCUT2D eigenvalue weighted by Crippen LogP contribution is -2.43. The van der Waals surface area contributed by atoms with Crippen molar-refractivity contribution in [2.24, 2.45) is 5.92 Å². The smallest absolute Gasteiger partial charge is 0.299 e. The normalized spacial score (nSPS) is 16.6. The summed E-state index contributed by atoms with van der Waals surface area (Å²) in [6.45, 7) is 1.80. The highest BCUT2D eigenvalue weighted by Crippen LogP contribution is 2.47. The summed E-state index contributed by atoms with van der Waals surface area (Å²) in [5.41, 5.74) is 1.58. The second-order valence-electron chi connectivity index (χ2n) is 9.31. The molecule has 0 radical (unpaired) electrons. The molecule has 1 amide bonds. The summed E-state index contributed by atoms with van der Waals surface area (Å²) >= 11 is 0. The maximum Gasteiger partial charge on any atom is 0.416 e. The molecule has 1 aromatic heterocycles. The van der Waals surface area contributed by atoms with Gasteiger partial charge in [0.2, 0.25) is 5.91 Å². The average molecular weight is 590 g/mol.